The molecule has 138 valence electrons. The molecule has 0 radical (unpaired) electrons. The number of para-hydroxylation sites is 1. The molecule has 1 aliphatic rings. The third-order valence-corrected chi connectivity index (χ3v) is 5.94. The van der Waals surface area contributed by atoms with Gasteiger partial charge in [0.15, 0.2) is 0 Å². The van der Waals surface area contributed by atoms with Crippen molar-refractivity contribution >= 4 is 38.9 Å². The van der Waals surface area contributed by atoms with Gasteiger partial charge < -0.3 is 4.90 Å². The molecule has 0 fully saturated rings. The summed E-state index contributed by atoms with van der Waals surface area (Å²) in [6.07, 6.45) is 2.24. The second kappa shape index (κ2) is 7.29. The Balaban J connectivity index is 2.01. The monoisotopic (exact) mass is 392 g/mol. The molecular weight excluding hydrogens is 372 g/mol. The molecule has 3 rings (SSSR count). The van der Waals surface area contributed by atoms with Crippen molar-refractivity contribution in [3.8, 4) is 0 Å². The van der Waals surface area contributed by atoms with Crippen LogP contribution < -0.4 is 9.21 Å². The Morgan fingerprint density at radius 3 is 2.62 bits per heavy atom. The molecule has 1 heterocycles. The molecule has 0 spiro atoms. The van der Waals surface area contributed by atoms with Gasteiger partial charge in [0.1, 0.15) is 6.04 Å². The van der Waals surface area contributed by atoms with E-state index in [9.17, 15) is 13.2 Å². The third-order valence-electron chi connectivity index (χ3n) is 4.53. The summed E-state index contributed by atoms with van der Waals surface area (Å²) in [6, 6.07) is 13.5. The predicted molar refractivity (Wildman–Crippen MR) is 105 cm³/mol. The van der Waals surface area contributed by atoms with Crippen LogP contribution in [0, 0.1) is 0 Å². The number of hydrogen-bond donors (Lipinski definition) is 0. The van der Waals surface area contributed by atoms with Crippen molar-refractivity contribution in [2.75, 3.05) is 22.0 Å². The molecule has 0 N–H and O–H groups in total. The van der Waals surface area contributed by atoms with E-state index in [4.69, 9.17) is 11.6 Å². The van der Waals surface area contributed by atoms with Crippen LogP contribution in [0.3, 0.4) is 0 Å². The number of anilines is 2. The van der Waals surface area contributed by atoms with Crippen LogP contribution in [0.2, 0.25) is 5.02 Å². The first-order valence-electron chi connectivity index (χ1n) is 8.47. The minimum atomic E-state index is -3.67. The summed E-state index contributed by atoms with van der Waals surface area (Å²) in [7, 11) is -3.67. The maximum atomic E-state index is 13.3. The minimum absolute atomic E-state index is 0.220. The van der Waals surface area contributed by atoms with Crippen molar-refractivity contribution in [3.63, 3.8) is 0 Å². The highest BCUT2D eigenvalue weighted by Gasteiger charge is 2.36. The van der Waals surface area contributed by atoms with Crippen LogP contribution in [0.1, 0.15) is 18.9 Å². The first kappa shape index (κ1) is 18.7. The molecule has 1 atom stereocenters. The number of nitrogens with zero attached hydrogens (tertiary/aromatic N) is 2. The van der Waals surface area contributed by atoms with E-state index in [1.165, 1.54) is 4.31 Å². The molecule has 1 aliphatic heterocycles. The fourth-order valence-electron chi connectivity index (χ4n) is 3.40. The lowest BCUT2D eigenvalue weighted by Crippen LogP contribution is -2.50. The highest BCUT2D eigenvalue weighted by Crippen LogP contribution is 2.31. The van der Waals surface area contributed by atoms with Gasteiger partial charge in [-0.2, -0.15) is 0 Å². The smallest absolute Gasteiger partial charge is 0.250 e. The topological polar surface area (TPSA) is 57.7 Å². The Bertz CT molecular complexity index is 930. The van der Waals surface area contributed by atoms with Gasteiger partial charge in [-0.05, 0) is 42.7 Å². The number of rotatable bonds is 5. The lowest BCUT2D eigenvalue weighted by Gasteiger charge is -2.33. The quantitative estimate of drug-likeness (QED) is 0.782. The van der Waals surface area contributed by atoms with Crippen LogP contribution in [-0.4, -0.2) is 33.2 Å². The van der Waals surface area contributed by atoms with E-state index in [1.807, 2.05) is 31.2 Å². The number of fused-ring (bicyclic) bond motifs is 1. The second-order valence-electron chi connectivity index (χ2n) is 6.33. The van der Waals surface area contributed by atoms with Gasteiger partial charge >= 0.3 is 0 Å². The van der Waals surface area contributed by atoms with Crippen LogP contribution in [0.5, 0.6) is 0 Å². The van der Waals surface area contributed by atoms with Crippen molar-refractivity contribution in [1.29, 1.82) is 0 Å². The summed E-state index contributed by atoms with van der Waals surface area (Å²) < 4.78 is 26.2. The van der Waals surface area contributed by atoms with Gasteiger partial charge in [0, 0.05) is 17.3 Å². The van der Waals surface area contributed by atoms with Crippen LogP contribution in [0.4, 0.5) is 11.4 Å². The van der Waals surface area contributed by atoms with Gasteiger partial charge in [-0.15, -0.1) is 0 Å². The average Bonchev–Trinajstić information content (AvgIpc) is 3.02. The molecular formula is C19H21ClN2O3S. The standard InChI is InChI=1S/C19H21ClN2O3S/c1-3-17(19(23)21-12-11-14-7-4-5-10-18(14)21)22(26(2,24)25)16-9-6-8-15(20)13-16/h4-10,13,17H,3,11-12H2,1-2H3. The van der Waals surface area contributed by atoms with Gasteiger partial charge in [0.2, 0.25) is 10.0 Å². The van der Waals surface area contributed by atoms with Gasteiger partial charge in [-0.25, -0.2) is 8.42 Å². The first-order chi connectivity index (χ1) is 12.3. The third kappa shape index (κ3) is 3.57. The predicted octanol–water partition coefficient (Wildman–Crippen LogP) is 3.47. The number of halogens is 1. The highest BCUT2D eigenvalue weighted by molar-refractivity contribution is 7.92. The molecule has 0 saturated carbocycles. The van der Waals surface area contributed by atoms with Crippen molar-refractivity contribution in [3.05, 3.63) is 59.1 Å². The van der Waals surface area contributed by atoms with Crippen LogP contribution >= 0.6 is 11.6 Å². The number of sulfonamides is 1. The Labute approximate surface area is 159 Å². The van der Waals surface area contributed by atoms with Crippen LogP contribution in [0.25, 0.3) is 0 Å². The van der Waals surface area contributed by atoms with Crippen molar-refractivity contribution in [1.82, 2.24) is 0 Å². The number of hydrogen-bond acceptors (Lipinski definition) is 3. The summed E-state index contributed by atoms with van der Waals surface area (Å²) in [5.41, 5.74) is 2.35. The number of benzene rings is 2. The van der Waals surface area contributed by atoms with E-state index in [2.05, 4.69) is 0 Å². The maximum absolute atomic E-state index is 13.3. The van der Waals surface area contributed by atoms with Gasteiger partial charge in [-0.3, -0.25) is 9.10 Å². The second-order valence-corrected chi connectivity index (χ2v) is 8.63. The van der Waals surface area contributed by atoms with Crippen LogP contribution in [0.15, 0.2) is 48.5 Å². The molecule has 0 bridgehead atoms. The minimum Gasteiger partial charge on any atom is -0.310 e. The summed E-state index contributed by atoms with van der Waals surface area (Å²) in [4.78, 5) is 15.0. The molecule has 5 nitrogen and oxygen atoms in total. The van der Waals surface area contributed by atoms with E-state index in [1.54, 1.807) is 29.2 Å². The molecule has 26 heavy (non-hydrogen) atoms. The van der Waals surface area contributed by atoms with Crippen molar-refractivity contribution in [2.45, 2.75) is 25.8 Å². The first-order valence-corrected chi connectivity index (χ1v) is 10.7. The normalized spacial score (nSPS) is 14.8. The van der Waals surface area contributed by atoms with E-state index in [0.717, 1.165) is 23.9 Å². The molecule has 0 aromatic heterocycles. The Hall–Kier alpha value is -2.05. The SMILES string of the molecule is CCC(C(=O)N1CCc2ccccc21)N(c1cccc(Cl)c1)S(C)(=O)=O. The Kier molecular flexibility index (Phi) is 5.25. The van der Waals surface area contributed by atoms with E-state index >= 15 is 0 Å². The zero-order valence-corrected chi connectivity index (χ0v) is 16.3. The Morgan fingerprint density at radius 1 is 1.23 bits per heavy atom. The lowest BCUT2D eigenvalue weighted by molar-refractivity contribution is -0.119. The number of amides is 1. The van der Waals surface area contributed by atoms with Gasteiger partial charge in [0.05, 0.1) is 11.9 Å². The number of carbonyl (C=O) groups is 1. The summed E-state index contributed by atoms with van der Waals surface area (Å²) >= 11 is 6.04. The molecule has 1 amide bonds. The summed E-state index contributed by atoms with van der Waals surface area (Å²) in [5.74, 6) is -0.220. The fraction of sp³-hybridized carbons (Fsp3) is 0.316. The van der Waals surface area contributed by atoms with Gasteiger partial charge in [-0.1, -0.05) is 42.8 Å². The molecule has 7 heteroatoms. The van der Waals surface area contributed by atoms with E-state index in [0.29, 0.717) is 23.7 Å². The van der Waals surface area contributed by atoms with E-state index in [-0.39, 0.29) is 5.91 Å². The number of carbonyl (C=O) groups excluding carboxylic acids is 1. The highest BCUT2D eigenvalue weighted by atomic mass is 35.5. The Morgan fingerprint density at radius 2 is 1.96 bits per heavy atom. The molecule has 2 aromatic carbocycles. The van der Waals surface area contributed by atoms with E-state index < -0.39 is 16.1 Å². The van der Waals surface area contributed by atoms with Crippen molar-refractivity contribution < 1.29 is 13.2 Å². The summed E-state index contributed by atoms with van der Waals surface area (Å²) in [5, 5.41) is 0.421. The largest absolute Gasteiger partial charge is 0.310 e. The molecule has 0 aliphatic carbocycles. The molecule has 0 saturated heterocycles. The zero-order valence-electron chi connectivity index (χ0n) is 14.7. The zero-order chi connectivity index (χ0) is 18.9. The lowest BCUT2D eigenvalue weighted by atomic mass is 10.1. The van der Waals surface area contributed by atoms with Crippen molar-refractivity contribution in [2.24, 2.45) is 0 Å². The maximum Gasteiger partial charge on any atom is 0.250 e. The van der Waals surface area contributed by atoms with Gasteiger partial charge in [0.25, 0.3) is 5.91 Å². The fourth-order valence-corrected chi connectivity index (χ4v) is 4.79. The summed E-state index contributed by atoms with van der Waals surface area (Å²) in [6.45, 7) is 2.37. The average molecular weight is 393 g/mol. The molecule has 1 unspecified atom stereocenters. The molecule has 2 aromatic rings. The van der Waals surface area contributed by atoms with Crippen LogP contribution in [-0.2, 0) is 21.2 Å².